The molecule has 0 N–H and O–H groups in total. The molecule has 21 heavy (non-hydrogen) atoms. The molecule has 1 amide bonds. The molecule has 112 valence electrons. The highest BCUT2D eigenvalue weighted by Gasteiger charge is 2.43. The first-order chi connectivity index (χ1) is 9.92. The van der Waals surface area contributed by atoms with Crippen LogP contribution >= 0.6 is 0 Å². The molecule has 0 saturated heterocycles. The van der Waals surface area contributed by atoms with Gasteiger partial charge in [0.05, 0.1) is 5.69 Å². The van der Waals surface area contributed by atoms with Crippen LogP contribution < -0.4 is 15.1 Å². The summed E-state index contributed by atoms with van der Waals surface area (Å²) in [5.41, 5.74) is 1.59. The van der Waals surface area contributed by atoms with E-state index in [1.165, 1.54) is 0 Å². The van der Waals surface area contributed by atoms with Gasteiger partial charge in [0.2, 0.25) is 0 Å². The summed E-state index contributed by atoms with van der Waals surface area (Å²) in [5.74, 6) is 0.678. The zero-order valence-electron chi connectivity index (χ0n) is 13.2. The second-order valence-corrected chi connectivity index (χ2v) is 5.67. The Morgan fingerprint density at radius 2 is 2.14 bits per heavy atom. The van der Waals surface area contributed by atoms with Crippen LogP contribution in [0.4, 0.5) is 5.69 Å². The van der Waals surface area contributed by atoms with Crippen molar-refractivity contribution in [3.8, 4) is 5.75 Å². The van der Waals surface area contributed by atoms with Crippen molar-refractivity contribution in [3.05, 3.63) is 17.7 Å². The van der Waals surface area contributed by atoms with E-state index in [1.54, 1.807) is 12.0 Å². The number of hydrogen-bond acceptors (Lipinski definition) is 3. The third-order valence-electron chi connectivity index (χ3n) is 4.08. The number of methoxy groups -OCH3 is 1. The lowest BCUT2D eigenvalue weighted by Gasteiger charge is -2.40. The molecule has 0 spiro atoms. The summed E-state index contributed by atoms with van der Waals surface area (Å²) >= 11 is 0. The average Bonchev–Trinajstić information content (AvgIpc) is 2.46. The lowest BCUT2D eigenvalue weighted by atomic mass is 9.89. The predicted molar refractivity (Wildman–Crippen MR) is 84.7 cm³/mol. The number of rotatable bonds is 5. The van der Waals surface area contributed by atoms with Crippen LogP contribution in [0.1, 0.15) is 32.3 Å². The molecule has 1 atom stereocenters. The van der Waals surface area contributed by atoms with Gasteiger partial charge in [-0.1, -0.05) is 17.9 Å². The van der Waals surface area contributed by atoms with E-state index >= 15 is 0 Å². The monoisotopic (exact) mass is 287 g/mol. The van der Waals surface area contributed by atoms with Gasteiger partial charge in [-0.15, -0.1) is 0 Å². The van der Waals surface area contributed by atoms with E-state index in [4.69, 9.17) is 17.3 Å². The van der Waals surface area contributed by atoms with Crippen molar-refractivity contribution in [3.63, 3.8) is 0 Å². The van der Waals surface area contributed by atoms with E-state index in [9.17, 15) is 4.79 Å². The lowest BCUT2D eigenvalue weighted by molar-refractivity contribution is -0.134. The quantitative estimate of drug-likeness (QED) is 0.611. The molecule has 1 aromatic rings. The molecule has 1 aromatic carbocycles. The maximum absolute atomic E-state index is 12.8. The van der Waals surface area contributed by atoms with Crippen LogP contribution in [-0.4, -0.2) is 39.6 Å². The molecular formula is C16H22BNO3. The van der Waals surface area contributed by atoms with Crippen LogP contribution in [0.3, 0.4) is 0 Å². The maximum atomic E-state index is 12.8. The van der Waals surface area contributed by atoms with Gasteiger partial charge in [-0.25, -0.2) is 0 Å². The van der Waals surface area contributed by atoms with E-state index in [-0.39, 0.29) is 5.91 Å². The van der Waals surface area contributed by atoms with Gasteiger partial charge in [-0.3, -0.25) is 4.79 Å². The number of fused-ring (bicyclic) bond motifs is 1. The molecule has 4 nitrogen and oxygen atoms in total. The number of amides is 1. The Morgan fingerprint density at radius 1 is 1.43 bits per heavy atom. The first kappa shape index (κ1) is 15.9. The minimum Gasteiger partial charge on any atom is -0.476 e. The first-order valence-corrected chi connectivity index (χ1v) is 7.33. The molecule has 0 aliphatic carbocycles. The van der Waals surface area contributed by atoms with Gasteiger partial charge in [0, 0.05) is 20.3 Å². The van der Waals surface area contributed by atoms with Crippen molar-refractivity contribution in [1.82, 2.24) is 0 Å². The fourth-order valence-electron chi connectivity index (χ4n) is 2.47. The molecule has 1 unspecified atom stereocenters. The highest BCUT2D eigenvalue weighted by molar-refractivity contribution is 6.33. The van der Waals surface area contributed by atoms with Crippen molar-refractivity contribution in [1.29, 1.82) is 0 Å². The zero-order chi connectivity index (χ0) is 15.6. The summed E-state index contributed by atoms with van der Waals surface area (Å²) < 4.78 is 11.0. The van der Waals surface area contributed by atoms with Crippen molar-refractivity contribution in [2.24, 2.45) is 0 Å². The third kappa shape index (κ3) is 2.93. The van der Waals surface area contributed by atoms with Gasteiger partial charge in [0.15, 0.2) is 5.60 Å². The van der Waals surface area contributed by atoms with E-state index in [1.807, 2.05) is 32.9 Å². The van der Waals surface area contributed by atoms with Gasteiger partial charge >= 0.3 is 0 Å². The SMILES string of the molecule is [B]c1cc2c(cc1C)N(CCCOC)C(=O)C(C)(CC)O2. The fraction of sp³-hybridized carbons (Fsp3) is 0.562. The first-order valence-electron chi connectivity index (χ1n) is 7.33. The summed E-state index contributed by atoms with van der Waals surface area (Å²) in [4.78, 5) is 14.6. The van der Waals surface area contributed by atoms with Crippen LogP contribution in [0.5, 0.6) is 5.75 Å². The summed E-state index contributed by atoms with van der Waals surface area (Å²) in [6.07, 6.45) is 1.39. The smallest absolute Gasteiger partial charge is 0.270 e. The number of anilines is 1. The fourth-order valence-corrected chi connectivity index (χ4v) is 2.47. The molecule has 0 aromatic heterocycles. The summed E-state index contributed by atoms with van der Waals surface area (Å²) in [6, 6.07) is 3.74. The van der Waals surface area contributed by atoms with Crippen molar-refractivity contribution >= 4 is 24.9 Å². The maximum Gasteiger partial charge on any atom is 0.270 e. The predicted octanol–water partition coefficient (Wildman–Crippen LogP) is 1.72. The number of carbonyl (C=O) groups is 1. The van der Waals surface area contributed by atoms with Gasteiger partial charge in [0.1, 0.15) is 13.6 Å². The van der Waals surface area contributed by atoms with Crippen LogP contribution in [0.25, 0.3) is 0 Å². The number of hydrogen-bond donors (Lipinski definition) is 0. The van der Waals surface area contributed by atoms with E-state index in [2.05, 4.69) is 0 Å². The van der Waals surface area contributed by atoms with Crippen molar-refractivity contribution < 1.29 is 14.3 Å². The molecule has 2 radical (unpaired) electrons. The second kappa shape index (κ2) is 6.10. The molecule has 1 heterocycles. The number of aryl methyl sites for hydroxylation is 1. The third-order valence-corrected chi connectivity index (χ3v) is 4.08. The zero-order valence-corrected chi connectivity index (χ0v) is 13.2. The van der Waals surface area contributed by atoms with Crippen LogP contribution in [0.2, 0.25) is 0 Å². The standard InChI is InChI=1S/C16H22BNO3/c1-5-16(3)15(19)18(7-6-8-20-4)13-9-11(2)12(17)10-14(13)21-16/h9-10H,5-8H2,1-4H3. The Morgan fingerprint density at radius 3 is 2.76 bits per heavy atom. The Hall–Kier alpha value is -1.49. The van der Waals surface area contributed by atoms with Crippen LogP contribution in [-0.2, 0) is 9.53 Å². The Balaban J connectivity index is 2.42. The molecule has 2 rings (SSSR count). The van der Waals surface area contributed by atoms with Gasteiger partial charge in [-0.2, -0.15) is 0 Å². The molecule has 0 bridgehead atoms. The van der Waals surface area contributed by atoms with E-state index in [0.717, 1.165) is 17.7 Å². The molecule has 5 heteroatoms. The number of ether oxygens (including phenoxy) is 2. The Kier molecular flexibility index (Phi) is 4.62. The average molecular weight is 287 g/mol. The molecule has 0 fully saturated rings. The van der Waals surface area contributed by atoms with Gasteiger partial charge < -0.3 is 14.4 Å². The van der Waals surface area contributed by atoms with Crippen LogP contribution in [0, 0.1) is 6.92 Å². The highest BCUT2D eigenvalue weighted by atomic mass is 16.5. The summed E-state index contributed by atoms with van der Waals surface area (Å²) in [6.45, 7) is 6.95. The van der Waals surface area contributed by atoms with Gasteiger partial charge in [0.25, 0.3) is 5.91 Å². The lowest BCUT2D eigenvalue weighted by Crippen LogP contribution is -2.54. The van der Waals surface area contributed by atoms with E-state index in [0.29, 0.717) is 30.8 Å². The van der Waals surface area contributed by atoms with Crippen molar-refractivity contribution in [2.45, 2.75) is 39.2 Å². The number of benzene rings is 1. The van der Waals surface area contributed by atoms with Crippen LogP contribution in [0.15, 0.2) is 12.1 Å². The Labute approximate surface area is 127 Å². The number of carbonyl (C=O) groups excluding carboxylic acids is 1. The topological polar surface area (TPSA) is 38.8 Å². The van der Waals surface area contributed by atoms with E-state index < -0.39 is 5.60 Å². The normalized spacial score (nSPS) is 21.1. The minimum absolute atomic E-state index is 0.00206. The highest BCUT2D eigenvalue weighted by Crippen LogP contribution is 2.39. The van der Waals surface area contributed by atoms with Gasteiger partial charge in [-0.05, 0) is 38.8 Å². The molecule has 0 saturated carbocycles. The minimum atomic E-state index is -0.832. The largest absolute Gasteiger partial charge is 0.476 e. The second-order valence-electron chi connectivity index (χ2n) is 5.67. The summed E-state index contributed by atoms with van der Waals surface area (Å²) in [5, 5.41) is 0. The Bertz CT molecular complexity index is 547. The molecule has 1 aliphatic heterocycles. The van der Waals surface area contributed by atoms with Crippen molar-refractivity contribution in [2.75, 3.05) is 25.2 Å². The molecule has 1 aliphatic rings. The summed E-state index contributed by atoms with van der Waals surface area (Å²) in [7, 11) is 7.64. The molecular weight excluding hydrogens is 265 g/mol. The number of nitrogens with zero attached hydrogens (tertiary/aromatic N) is 1.